The summed E-state index contributed by atoms with van der Waals surface area (Å²) in [7, 11) is 0. The lowest BCUT2D eigenvalue weighted by Gasteiger charge is -2.34. The molecule has 1 heterocycles. The molecule has 1 fully saturated rings. The normalized spacial score (nSPS) is 28.6. The summed E-state index contributed by atoms with van der Waals surface area (Å²) in [6.45, 7) is 9.85. The zero-order chi connectivity index (χ0) is 13.5. The van der Waals surface area contributed by atoms with Crippen molar-refractivity contribution in [2.75, 3.05) is 0 Å². The molecule has 3 atom stereocenters. The van der Waals surface area contributed by atoms with E-state index in [0.717, 1.165) is 19.3 Å². The van der Waals surface area contributed by atoms with Gasteiger partial charge in [-0.15, -0.1) is 6.58 Å². The van der Waals surface area contributed by atoms with Crippen LogP contribution in [0, 0.1) is 5.92 Å². The summed E-state index contributed by atoms with van der Waals surface area (Å²) >= 11 is 0. The monoisotopic (exact) mass is 251 g/mol. The molecule has 3 heteroatoms. The van der Waals surface area contributed by atoms with E-state index in [0.29, 0.717) is 5.92 Å². The van der Waals surface area contributed by atoms with Gasteiger partial charge in [0.05, 0.1) is 18.2 Å². The SMILES string of the molecule is C=CC[C@H]1CC[C@@H](NC(=O)/C=C\C(C)C)[C@@H](C)O1. The third-order valence-electron chi connectivity index (χ3n) is 3.16. The summed E-state index contributed by atoms with van der Waals surface area (Å²) < 4.78 is 5.86. The number of hydrogen-bond acceptors (Lipinski definition) is 2. The highest BCUT2D eigenvalue weighted by molar-refractivity contribution is 5.87. The zero-order valence-corrected chi connectivity index (χ0v) is 11.7. The molecule has 0 spiro atoms. The van der Waals surface area contributed by atoms with Crippen molar-refractivity contribution in [2.24, 2.45) is 5.92 Å². The van der Waals surface area contributed by atoms with Crippen molar-refractivity contribution in [3.63, 3.8) is 0 Å². The van der Waals surface area contributed by atoms with Gasteiger partial charge < -0.3 is 10.1 Å². The van der Waals surface area contributed by atoms with Crippen LogP contribution in [0.4, 0.5) is 0 Å². The molecule has 1 saturated heterocycles. The van der Waals surface area contributed by atoms with E-state index in [-0.39, 0.29) is 24.2 Å². The molecule has 0 aromatic carbocycles. The largest absolute Gasteiger partial charge is 0.373 e. The van der Waals surface area contributed by atoms with Crippen LogP contribution in [0.15, 0.2) is 24.8 Å². The quantitative estimate of drug-likeness (QED) is 0.603. The van der Waals surface area contributed by atoms with Crippen LogP contribution in [-0.2, 0) is 9.53 Å². The van der Waals surface area contributed by atoms with Gasteiger partial charge in [-0.25, -0.2) is 0 Å². The molecule has 1 aliphatic rings. The number of hydrogen-bond donors (Lipinski definition) is 1. The van der Waals surface area contributed by atoms with Crippen molar-refractivity contribution >= 4 is 5.91 Å². The molecule has 18 heavy (non-hydrogen) atoms. The maximum atomic E-state index is 11.7. The molecule has 0 aromatic rings. The van der Waals surface area contributed by atoms with Crippen molar-refractivity contribution in [2.45, 2.75) is 58.3 Å². The fourth-order valence-corrected chi connectivity index (χ4v) is 2.13. The van der Waals surface area contributed by atoms with Crippen LogP contribution >= 0.6 is 0 Å². The maximum absolute atomic E-state index is 11.7. The second-order valence-electron chi connectivity index (χ2n) is 5.28. The van der Waals surface area contributed by atoms with Crippen molar-refractivity contribution in [1.29, 1.82) is 0 Å². The lowest BCUT2D eigenvalue weighted by molar-refractivity contribution is -0.120. The first-order valence-electron chi connectivity index (χ1n) is 6.78. The summed E-state index contributed by atoms with van der Waals surface area (Å²) in [6.07, 6.45) is 8.59. The lowest BCUT2D eigenvalue weighted by atomic mass is 9.97. The number of amides is 1. The van der Waals surface area contributed by atoms with Gasteiger partial charge in [-0.1, -0.05) is 26.0 Å². The Morgan fingerprint density at radius 1 is 1.50 bits per heavy atom. The molecular weight excluding hydrogens is 226 g/mol. The highest BCUT2D eigenvalue weighted by Gasteiger charge is 2.28. The van der Waals surface area contributed by atoms with Gasteiger partial charge in [0.1, 0.15) is 0 Å². The Balaban J connectivity index is 2.40. The third-order valence-corrected chi connectivity index (χ3v) is 3.16. The first-order valence-corrected chi connectivity index (χ1v) is 6.78. The summed E-state index contributed by atoms with van der Waals surface area (Å²) in [5.74, 6) is 0.374. The minimum Gasteiger partial charge on any atom is -0.373 e. The second kappa shape index (κ2) is 7.37. The Bertz CT molecular complexity index is 310. The predicted molar refractivity (Wildman–Crippen MR) is 74.3 cm³/mol. The highest BCUT2D eigenvalue weighted by Crippen LogP contribution is 2.21. The van der Waals surface area contributed by atoms with Gasteiger partial charge in [-0.2, -0.15) is 0 Å². The number of nitrogens with one attached hydrogen (secondary N) is 1. The average molecular weight is 251 g/mol. The number of allylic oxidation sites excluding steroid dienone is 1. The van der Waals surface area contributed by atoms with E-state index in [2.05, 4.69) is 25.7 Å². The number of carbonyl (C=O) groups is 1. The van der Waals surface area contributed by atoms with E-state index in [1.54, 1.807) is 6.08 Å². The zero-order valence-electron chi connectivity index (χ0n) is 11.7. The van der Waals surface area contributed by atoms with Crippen LogP contribution in [0.25, 0.3) is 0 Å². The molecule has 0 radical (unpaired) electrons. The Kier molecular flexibility index (Phi) is 6.13. The highest BCUT2D eigenvalue weighted by atomic mass is 16.5. The van der Waals surface area contributed by atoms with E-state index in [4.69, 9.17) is 4.74 Å². The average Bonchev–Trinajstić information content (AvgIpc) is 2.30. The second-order valence-corrected chi connectivity index (χ2v) is 5.28. The van der Waals surface area contributed by atoms with Gasteiger partial charge >= 0.3 is 0 Å². The Labute approximate surface area is 110 Å². The summed E-state index contributed by atoms with van der Waals surface area (Å²) in [5.41, 5.74) is 0. The molecule has 1 N–H and O–H groups in total. The lowest BCUT2D eigenvalue weighted by Crippen LogP contribution is -2.47. The van der Waals surface area contributed by atoms with Crippen LogP contribution in [0.2, 0.25) is 0 Å². The van der Waals surface area contributed by atoms with Crippen LogP contribution in [-0.4, -0.2) is 24.2 Å². The smallest absolute Gasteiger partial charge is 0.243 e. The number of ether oxygens (including phenoxy) is 1. The molecule has 0 aromatic heterocycles. The minimum absolute atomic E-state index is 0.0219. The van der Waals surface area contributed by atoms with E-state index in [1.165, 1.54) is 0 Å². The van der Waals surface area contributed by atoms with Crippen LogP contribution in [0.5, 0.6) is 0 Å². The maximum Gasteiger partial charge on any atom is 0.243 e. The van der Waals surface area contributed by atoms with Crippen molar-refractivity contribution in [3.8, 4) is 0 Å². The van der Waals surface area contributed by atoms with Crippen LogP contribution < -0.4 is 5.32 Å². The molecule has 0 bridgehead atoms. The van der Waals surface area contributed by atoms with Crippen molar-refractivity contribution in [3.05, 3.63) is 24.8 Å². The van der Waals surface area contributed by atoms with Gasteiger partial charge in [-0.05, 0) is 38.2 Å². The van der Waals surface area contributed by atoms with Crippen LogP contribution in [0.1, 0.15) is 40.0 Å². The van der Waals surface area contributed by atoms with Gasteiger partial charge in [0.15, 0.2) is 0 Å². The number of rotatable bonds is 5. The third kappa shape index (κ3) is 5.05. The first kappa shape index (κ1) is 15.0. The van der Waals surface area contributed by atoms with E-state index < -0.39 is 0 Å². The van der Waals surface area contributed by atoms with Crippen LogP contribution in [0.3, 0.4) is 0 Å². The fraction of sp³-hybridized carbons (Fsp3) is 0.667. The number of carbonyl (C=O) groups excluding carboxylic acids is 1. The van der Waals surface area contributed by atoms with E-state index >= 15 is 0 Å². The van der Waals surface area contributed by atoms with E-state index in [1.807, 2.05) is 19.1 Å². The van der Waals surface area contributed by atoms with Gasteiger partial charge in [-0.3, -0.25) is 4.79 Å². The fourth-order valence-electron chi connectivity index (χ4n) is 2.13. The first-order chi connectivity index (χ1) is 8.52. The topological polar surface area (TPSA) is 38.3 Å². The van der Waals surface area contributed by atoms with Crippen molar-refractivity contribution < 1.29 is 9.53 Å². The molecular formula is C15H25NO2. The standard InChI is InChI=1S/C15H25NO2/c1-5-6-13-8-9-14(12(4)18-13)16-15(17)10-7-11(2)3/h5,7,10-14H,1,6,8-9H2,2-4H3,(H,16,17)/b10-7-/t12-,13+,14-/m1/s1. The minimum atomic E-state index is -0.0219. The van der Waals surface area contributed by atoms with E-state index in [9.17, 15) is 4.79 Å². The summed E-state index contributed by atoms with van der Waals surface area (Å²) in [4.78, 5) is 11.7. The Hall–Kier alpha value is -1.09. The summed E-state index contributed by atoms with van der Waals surface area (Å²) in [5, 5.41) is 3.01. The molecule has 0 aliphatic carbocycles. The van der Waals surface area contributed by atoms with Crippen molar-refractivity contribution in [1.82, 2.24) is 5.32 Å². The Morgan fingerprint density at radius 2 is 2.22 bits per heavy atom. The van der Waals surface area contributed by atoms with Gasteiger partial charge in [0, 0.05) is 0 Å². The van der Waals surface area contributed by atoms with Gasteiger partial charge in [0.2, 0.25) is 5.91 Å². The molecule has 1 aliphatic heterocycles. The predicted octanol–water partition coefficient (Wildman–Crippen LogP) is 2.83. The van der Waals surface area contributed by atoms with Gasteiger partial charge in [0.25, 0.3) is 0 Å². The molecule has 1 rings (SSSR count). The molecule has 0 unspecified atom stereocenters. The molecule has 0 saturated carbocycles. The summed E-state index contributed by atoms with van der Waals surface area (Å²) in [6, 6.07) is 0.121. The molecule has 3 nitrogen and oxygen atoms in total. The Morgan fingerprint density at radius 3 is 2.78 bits per heavy atom. The molecule has 102 valence electrons. The molecule has 1 amide bonds.